The number of nitrogens with zero attached hydrogens (tertiary/aromatic N) is 3. The Morgan fingerprint density at radius 2 is 1.61 bits per heavy atom. The maximum Gasteiger partial charge on any atom is 0.132 e. The maximum absolute atomic E-state index is 4.23. The summed E-state index contributed by atoms with van der Waals surface area (Å²) in [5, 5.41) is 6.03. The number of hydrogen-bond donors (Lipinski definition) is 0. The van der Waals surface area contributed by atoms with Crippen LogP contribution in [0, 0.1) is 0 Å². The van der Waals surface area contributed by atoms with E-state index in [4.69, 9.17) is 0 Å². The standard InChI is InChI=1S/C14H24N3.HI/c1-6-17(5,7-2)14-10-8-13(9-11-14)12-15-16(3)4;/h8-12H,6-7H2,1-5H3;1H/q+1;/p-1/b15-12-;. The first-order valence-corrected chi connectivity index (χ1v) is 6.18. The third kappa shape index (κ3) is 4.57. The highest BCUT2D eigenvalue weighted by Gasteiger charge is 2.19. The zero-order valence-electron chi connectivity index (χ0n) is 12.0. The highest BCUT2D eigenvalue weighted by atomic mass is 127. The molecule has 0 unspecified atom stereocenters. The fraction of sp³-hybridized carbons (Fsp3) is 0.500. The summed E-state index contributed by atoms with van der Waals surface area (Å²) in [6.45, 7) is 6.68. The molecule has 0 bridgehead atoms. The Morgan fingerprint density at radius 3 is 2.00 bits per heavy atom. The second-order valence-electron chi connectivity index (χ2n) is 4.71. The molecule has 0 fully saturated rings. The minimum Gasteiger partial charge on any atom is -1.00 e. The van der Waals surface area contributed by atoms with E-state index in [-0.39, 0.29) is 24.0 Å². The number of hydrogen-bond acceptors (Lipinski definition) is 2. The van der Waals surface area contributed by atoms with E-state index >= 15 is 0 Å². The van der Waals surface area contributed by atoms with Crippen molar-refractivity contribution in [1.82, 2.24) is 9.49 Å². The smallest absolute Gasteiger partial charge is 0.132 e. The number of quaternary nitrogens is 1. The van der Waals surface area contributed by atoms with Gasteiger partial charge in [0.1, 0.15) is 5.69 Å². The lowest BCUT2D eigenvalue weighted by Gasteiger charge is -2.31. The third-order valence-electron chi connectivity index (χ3n) is 3.35. The van der Waals surface area contributed by atoms with Gasteiger partial charge in [0.25, 0.3) is 0 Å². The Bertz CT molecular complexity index is 367. The van der Waals surface area contributed by atoms with Crippen molar-refractivity contribution in [2.24, 2.45) is 5.10 Å². The van der Waals surface area contributed by atoms with Crippen LogP contribution >= 0.6 is 0 Å². The average Bonchev–Trinajstić information content (AvgIpc) is 2.36. The van der Waals surface area contributed by atoms with Gasteiger partial charge in [-0.2, -0.15) is 5.10 Å². The zero-order valence-corrected chi connectivity index (χ0v) is 14.2. The Hall–Kier alpha value is -0.620. The second-order valence-corrected chi connectivity index (χ2v) is 4.71. The van der Waals surface area contributed by atoms with Crippen LogP contribution in [0.3, 0.4) is 0 Å². The van der Waals surface area contributed by atoms with Crippen LogP contribution in [0.4, 0.5) is 5.69 Å². The van der Waals surface area contributed by atoms with E-state index in [0.717, 1.165) is 23.1 Å². The van der Waals surface area contributed by atoms with Crippen molar-refractivity contribution in [3.8, 4) is 0 Å². The van der Waals surface area contributed by atoms with Crippen LogP contribution in [0.25, 0.3) is 0 Å². The monoisotopic (exact) mass is 361 g/mol. The first-order chi connectivity index (χ1) is 8.01. The summed E-state index contributed by atoms with van der Waals surface area (Å²) in [6, 6.07) is 8.66. The van der Waals surface area contributed by atoms with Crippen molar-refractivity contribution < 1.29 is 24.0 Å². The summed E-state index contributed by atoms with van der Waals surface area (Å²) in [5.41, 5.74) is 2.50. The molecule has 0 aliphatic rings. The number of halogens is 1. The zero-order chi connectivity index (χ0) is 12.9. The molecule has 0 aromatic heterocycles. The van der Waals surface area contributed by atoms with Crippen molar-refractivity contribution in [2.45, 2.75) is 13.8 Å². The summed E-state index contributed by atoms with van der Waals surface area (Å²) in [5.74, 6) is 0. The molecule has 0 aliphatic heterocycles. The Morgan fingerprint density at radius 1 is 1.11 bits per heavy atom. The predicted molar refractivity (Wildman–Crippen MR) is 76.5 cm³/mol. The fourth-order valence-corrected chi connectivity index (χ4v) is 1.69. The molecule has 0 saturated heterocycles. The summed E-state index contributed by atoms with van der Waals surface area (Å²) in [6.07, 6.45) is 1.88. The Balaban J connectivity index is 0.00000289. The summed E-state index contributed by atoms with van der Waals surface area (Å²) < 4.78 is 0.977. The van der Waals surface area contributed by atoms with Crippen LogP contribution in [0.5, 0.6) is 0 Å². The molecule has 3 nitrogen and oxygen atoms in total. The molecule has 102 valence electrons. The second kappa shape index (κ2) is 7.74. The lowest BCUT2D eigenvalue weighted by molar-refractivity contribution is -0.00000385. The van der Waals surface area contributed by atoms with Gasteiger partial charge in [-0.15, -0.1) is 0 Å². The molecule has 18 heavy (non-hydrogen) atoms. The molecule has 0 aliphatic carbocycles. The van der Waals surface area contributed by atoms with Gasteiger partial charge in [-0.1, -0.05) is 0 Å². The predicted octanol–water partition coefficient (Wildman–Crippen LogP) is -0.437. The Labute approximate surface area is 128 Å². The van der Waals surface area contributed by atoms with E-state index < -0.39 is 0 Å². The van der Waals surface area contributed by atoms with Gasteiger partial charge < -0.3 is 29.0 Å². The SMILES string of the molecule is CC[N+](C)(CC)c1ccc(/C=N\N(C)C)cc1.[I-]. The van der Waals surface area contributed by atoms with Crippen LogP contribution in [0.1, 0.15) is 19.4 Å². The van der Waals surface area contributed by atoms with Gasteiger partial charge in [-0.05, 0) is 43.7 Å². The van der Waals surface area contributed by atoms with E-state index in [1.165, 1.54) is 5.69 Å². The molecule has 1 aromatic carbocycles. The molecule has 0 radical (unpaired) electrons. The quantitative estimate of drug-likeness (QED) is 0.301. The normalized spacial score (nSPS) is 11.4. The van der Waals surface area contributed by atoms with E-state index in [0.29, 0.717) is 0 Å². The molecule has 0 atom stereocenters. The molecule has 0 spiro atoms. The van der Waals surface area contributed by atoms with Gasteiger partial charge >= 0.3 is 0 Å². The summed E-state index contributed by atoms with van der Waals surface area (Å²) in [4.78, 5) is 0. The number of benzene rings is 1. The molecule has 0 saturated carbocycles. The van der Waals surface area contributed by atoms with Crippen LogP contribution in [-0.2, 0) is 0 Å². The summed E-state index contributed by atoms with van der Waals surface area (Å²) in [7, 11) is 6.11. The minimum atomic E-state index is 0. The van der Waals surface area contributed by atoms with Gasteiger partial charge in [0.15, 0.2) is 0 Å². The molecule has 0 heterocycles. The summed E-state index contributed by atoms with van der Waals surface area (Å²) >= 11 is 0. The first-order valence-electron chi connectivity index (χ1n) is 6.18. The van der Waals surface area contributed by atoms with Crippen molar-refractivity contribution >= 4 is 11.9 Å². The van der Waals surface area contributed by atoms with Crippen LogP contribution in [0.2, 0.25) is 0 Å². The van der Waals surface area contributed by atoms with E-state index in [1.54, 1.807) is 5.01 Å². The third-order valence-corrected chi connectivity index (χ3v) is 3.35. The topological polar surface area (TPSA) is 15.6 Å². The maximum atomic E-state index is 4.23. The van der Waals surface area contributed by atoms with E-state index in [1.807, 2.05) is 20.3 Å². The van der Waals surface area contributed by atoms with Crippen molar-refractivity contribution in [2.75, 3.05) is 34.2 Å². The molecular weight excluding hydrogens is 337 g/mol. The highest BCUT2D eigenvalue weighted by molar-refractivity contribution is 5.79. The van der Waals surface area contributed by atoms with Crippen molar-refractivity contribution in [3.05, 3.63) is 29.8 Å². The molecule has 1 rings (SSSR count). The van der Waals surface area contributed by atoms with Gasteiger partial charge in [-0.3, -0.25) is 4.48 Å². The van der Waals surface area contributed by atoms with E-state index in [2.05, 4.69) is 50.3 Å². The van der Waals surface area contributed by atoms with Gasteiger partial charge in [0, 0.05) is 14.1 Å². The Kier molecular flexibility index (Phi) is 7.47. The van der Waals surface area contributed by atoms with Gasteiger partial charge in [-0.25, -0.2) is 0 Å². The van der Waals surface area contributed by atoms with Gasteiger partial charge in [0.2, 0.25) is 0 Å². The average molecular weight is 361 g/mol. The number of hydrazone groups is 1. The fourth-order valence-electron chi connectivity index (χ4n) is 1.69. The first kappa shape index (κ1) is 17.4. The minimum absolute atomic E-state index is 0. The lowest BCUT2D eigenvalue weighted by Crippen LogP contribution is -3.00. The molecular formula is C14H24IN3. The molecule has 0 N–H and O–H groups in total. The highest BCUT2D eigenvalue weighted by Crippen LogP contribution is 2.20. The van der Waals surface area contributed by atoms with Crippen LogP contribution in [-0.4, -0.2) is 45.5 Å². The van der Waals surface area contributed by atoms with Gasteiger partial charge in [0.05, 0.1) is 26.4 Å². The van der Waals surface area contributed by atoms with Crippen LogP contribution < -0.4 is 28.5 Å². The largest absolute Gasteiger partial charge is 1.00 e. The molecule has 4 heteroatoms. The van der Waals surface area contributed by atoms with E-state index in [9.17, 15) is 0 Å². The van der Waals surface area contributed by atoms with Crippen LogP contribution in [0.15, 0.2) is 29.4 Å². The lowest BCUT2D eigenvalue weighted by atomic mass is 10.2. The van der Waals surface area contributed by atoms with Crippen molar-refractivity contribution in [3.63, 3.8) is 0 Å². The number of rotatable bonds is 5. The van der Waals surface area contributed by atoms with Crippen molar-refractivity contribution in [1.29, 1.82) is 0 Å². The molecule has 1 aromatic rings. The molecule has 0 amide bonds.